The number of carbonyl (C=O) groups excluding carboxylic acids is 1. The number of nitrogens with zero attached hydrogens (tertiary/aromatic N) is 3. The van der Waals surface area contributed by atoms with Gasteiger partial charge in [0.1, 0.15) is 11.4 Å². The van der Waals surface area contributed by atoms with Crippen LogP contribution in [-0.4, -0.2) is 64.3 Å². The Balaban J connectivity index is 1.51. The van der Waals surface area contributed by atoms with Gasteiger partial charge in [-0.15, -0.1) is 0 Å². The molecule has 0 saturated carbocycles. The quantitative estimate of drug-likeness (QED) is 0.545. The van der Waals surface area contributed by atoms with E-state index in [1.807, 2.05) is 0 Å². The van der Waals surface area contributed by atoms with Gasteiger partial charge in [0.15, 0.2) is 0 Å². The van der Waals surface area contributed by atoms with Gasteiger partial charge in [-0.25, -0.2) is 9.78 Å². The predicted octanol–water partition coefficient (Wildman–Crippen LogP) is 2.52. The van der Waals surface area contributed by atoms with Crippen LogP contribution in [0.2, 0.25) is 0 Å². The van der Waals surface area contributed by atoms with E-state index in [2.05, 4.69) is 25.9 Å². The van der Waals surface area contributed by atoms with Gasteiger partial charge in [-0.2, -0.15) is 18.2 Å². The first-order chi connectivity index (χ1) is 15.2. The number of hydrogen-bond acceptors (Lipinski definition) is 7. The number of benzene rings is 1. The topological polar surface area (TPSA) is 129 Å². The van der Waals surface area contributed by atoms with Gasteiger partial charge in [0.2, 0.25) is 11.9 Å². The maximum atomic E-state index is 13.4. The van der Waals surface area contributed by atoms with Crippen molar-refractivity contribution in [2.24, 2.45) is 0 Å². The third-order valence-electron chi connectivity index (χ3n) is 4.99. The monoisotopic (exact) mass is 452 g/mol. The molecule has 2 aromatic rings. The van der Waals surface area contributed by atoms with Crippen molar-refractivity contribution in [1.29, 1.82) is 0 Å². The highest BCUT2D eigenvalue weighted by molar-refractivity contribution is 5.99. The number of alkyl halides is 3. The molecular formula is C19H19F3N6O4. The zero-order chi connectivity index (χ0) is 22.9. The lowest BCUT2D eigenvalue weighted by molar-refractivity contribution is -0.137. The van der Waals surface area contributed by atoms with Crippen LogP contribution in [-0.2, 0) is 22.1 Å². The number of nitrogens with one attached hydrogen (secondary N) is 3. The Labute approximate surface area is 179 Å². The van der Waals surface area contributed by atoms with Crippen LogP contribution in [0.1, 0.15) is 11.1 Å². The Kier molecular flexibility index (Phi) is 5.74. The molecule has 1 aromatic carbocycles. The molecule has 1 fully saturated rings. The van der Waals surface area contributed by atoms with Crippen LogP contribution in [0.25, 0.3) is 0 Å². The smallest absolute Gasteiger partial charge is 0.421 e. The summed E-state index contributed by atoms with van der Waals surface area (Å²) in [4.78, 5) is 31.5. The minimum Gasteiger partial charge on any atom is -0.465 e. The van der Waals surface area contributed by atoms with Crippen molar-refractivity contribution in [1.82, 2.24) is 14.9 Å². The average molecular weight is 452 g/mol. The molecule has 2 aliphatic rings. The molecule has 2 aliphatic heterocycles. The Morgan fingerprint density at radius 1 is 1.38 bits per heavy atom. The average Bonchev–Trinajstić information content (AvgIpc) is 3.11. The molecule has 170 valence electrons. The molecule has 3 heterocycles. The van der Waals surface area contributed by atoms with Crippen molar-refractivity contribution in [2.45, 2.75) is 18.7 Å². The number of anilines is 4. The summed E-state index contributed by atoms with van der Waals surface area (Å²) in [6.45, 7) is 0.303. The van der Waals surface area contributed by atoms with Crippen molar-refractivity contribution in [2.75, 3.05) is 42.2 Å². The minimum atomic E-state index is -4.69. The van der Waals surface area contributed by atoms with Gasteiger partial charge >= 0.3 is 12.3 Å². The molecule has 0 radical (unpaired) electrons. The van der Waals surface area contributed by atoms with Gasteiger partial charge in [-0.05, 0) is 23.8 Å². The molecule has 2 amide bonds. The van der Waals surface area contributed by atoms with Crippen LogP contribution in [0.15, 0.2) is 24.4 Å². The normalized spacial score (nSPS) is 18.2. The maximum Gasteiger partial charge on any atom is 0.421 e. The second-order valence-corrected chi connectivity index (χ2v) is 7.28. The first kappa shape index (κ1) is 21.6. The van der Waals surface area contributed by atoms with E-state index in [9.17, 15) is 22.8 Å². The van der Waals surface area contributed by atoms with Gasteiger partial charge < -0.3 is 30.7 Å². The second-order valence-electron chi connectivity index (χ2n) is 7.28. The molecular weight excluding hydrogens is 433 g/mol. The Morgan fingerprint density at radius 3 is 2.94 bits per heavy atom. The fourth-order valence-electron chi connectivity index (χ4n) is 3.45. The first-order valence-electron chi connectivity index (χ1n) is 9.66. The van der Waals surface area contributed by atoms with Crippen molar-refractivity contribution in [3.05, 3.63) is 35.5 Å². The zero-order valence-electron chi connectivity index (χ0n) is 16.6. The van der Waals surface area contributed by atoms with Gasteiger partial charge in [0.25, 0.3) is 0 Å². The number of ether oxygens (including phenoxy) is 1. The molecule has 32 heavy (non-hydrogen) atoms. The fourth-order valence-corrected chi connectivity index (χ4v) is 3.45. The molecule has 10 nitrogen and oxygen atoms in total. The third kappa shape index (κ3) is 4.82. The van der Waals surface area contributed by atoms with Crippen LogP contribution in [0.3, 0.4) is 0 Å². The molecule has 1 atom stereocenters. The number of rotatable bonds is 5. The fraction of sp³-hybridized carbons (Fsp3) is 0.368. The number of carboxylic acid groups (broad SMARTS) is 1. The van der Waals surface area contributed by atoms with Crippen molar-refractivity contribution >= 4 is 35.1 Å². The molecule has 0 aliphatic carbocycles. The van der Waals surface area contributed by atoms with Gasteiger partial charge in [-0.1, -0.05) is 0 Å². The molecule has 1 unspecified atom stereocenters. The molecule has 4 N–H and O–H groups in total. The lowest BCUT2D eigenvalue weighted by atomic mass is 10.1. The predicted molar refractivity (Wildman–Crippen MR) is 107 cm³/mol. The lowest BCUT2D eigenvalue weighted by Crippen LogP contribution is -2.47. The first-order valence-corrected chi connectivity index (χ1v) is 9.66. The summed E-state index contributed by atoms with van der Waals surface area (Å²) in [5.41, 5.74) is 0.887. The second kappa shape index (κ2) is 8.49. The minimum absolute atomic E-state index is 0.0295. The number of amides is 2. The van der Waals surface area contributed by atoms with Crippen molar-refractivity contribution in [3.63, 3.8) is 0 Å². The Morgan fingerprint density at radius 2 is 2.19 bits per heavy atom. The van der Waals surface area contributed by atoms with Crippen LogP contribution >= 0.6 is 0 Å². The molecule has 0 spiro atoms. The van der Waals surface area contributed by atoms with Gasteiger partial charge in [-0.3, -0.25) is 4.79 Å². The largest absolute Gasteiger partial charge is 0.465 e. The van der Waals surface area contributed by atoms with Gasteiger partial charge in [0.05, 0.1) is 25.7 Å². The summed E-state index contributed by atoms with van der Waals surface area (Å²) >= 11 is 0. The number of halogens is 3. The standard InChI is InChI=1S/C19H19F3N6O4/c20-19(21,22)13-8-24-17(25-11-1-2-14-10(5-11)6-15(29)26-14)27-16(13)23-7-12-9-28(18(30)31)3-4-32-12/h1-2,5,8,12H,3-4,6-7,9H2,(H,26,29)(H,30,31)(H2,23,24,25,27). The summed E-state index contributed by atoms with van der Waals surface area (Å²) in [7, 11) is 0. The maximum absolute atomic E-state index is 13.4. The van der Waals surface area contributed by atoms with E-state index in [0.29, 0.717) is 17.6 Å². The lowest BCUT2D eigenvalue weighted by Gasteiger charge is -2.31. The highest BCUT2D eigenvalue weighted by Crippen LogP contribution is 2.34. The Bertz CT molecular complexity index is 1050. The van der Waals surface area contributed by atoms with E-state index in [-0.39, 0.29) is 44.5 Å². The number of morpholine rings is 1. The van der Waals surface area contributed by atoms with E-state index >= 15 is 0 Å². The number of aromatic nitrogens is 2. The third-order valence-corrected chi connectivity index (χ3v) is 4.99. The summed E-state index contributed by atoms with van der Waals surface area (Å²) in [5.74, 6) is -0.667. The molecule has 1 saturated heterocycles. The van der Waals surface area contributed by atoms with Crippen molar-refractivity contribution < 1.29 is 32.6 Å². The highest BCUT2D eigenvalue weighted by atomic mass is 19.4. The molecule has 0 bridgehead atoms. The van der Waals surface area contributed by atoms with Crippen LogP contribution < -0.4 is 16.0 Å². The van der Waals surface area contributed by atoms with Gasteiger partial charge in [0, 0.05) is 30.7 Å². The van der Waals surface area contributed by atoms with Crippen LogP contribution in [0.5, 0.6) is 0 Å². The molecule has 4 rings (SSSR count). The van der Waals surface area contributed by atoms with Crippen LogP contribution in [0, 0.1) is 0 Å². The summed E-state index contributed by atoms with van der Waals surface area (Å²) < 4.78 is 45.7. The molecule has 1 aromatic heterocycles. The highest BCUT2D eigenvalue weighted by Gasteiger charge is 2.36. The van der Waals surface area contributed by atoms with E-state index in [0.717, 1.165) is 10.5 Å². The SMILES string of the molecule is O=C1Cc2cc(Nc3ncc(C(F)(F)F)c(NCC4CN(C(=O)O)CCO4)n3)ccc2N1. The summed E-state index contributed by atoms with van der Waals surface area (Å²) in [6, 6.07) is 5.02. The van der Waals surface area contributed by atoms with Crippen LogP contribution in [0.4, 0.5) is 41.1 Å². The van der Waals surface area contributed by atoms with E-state index in [1.165, 1.54) is 0 Å². The summed E-state index contributed by atoms with van der Waals surface area (Å²) in [5, 5.41) is 17.2. The van der Waals surface area contributed by atoms with E-state index in [1.54, 1.807) is 18.2 Å². The number of fused-ring (bicyclic) bond motifs is 1. The molecule has 13 heteroatoms. The van der Waals surface area contributed by atoms with E-state index in [4.69, 9.17) is 9.84 Å². The van der Waals surface area contributed by atoms with Crippen molar-refractivity contribution in [3.8, 4) is 0 Å². The van der Waals surface area contributed by atoms with E-state index < -0.39 is 29.8 Å². The number of carbonyl (C=O) groups is 2. The zero-order valence-corrected chi connectivity index (χ0v) is 16.6. The summed E-state index contributed by atoms with van der Waals surface area (Å²) in [6.07, 6.45) is -5.56. The number of hydrogen-bond donors (Lipinski definition) is 4. The Hall–Kier alpha value is -3.61.